The van der Waals surface area contributed by atoms with Crippen molar-refractivity contribution in [2.24, 2.45) is 0 Å². The van der Waals surface area contributed by atoms with Crippen molar-refractivity contribution in [1.82, 2.24) is 10.3 Å². The fraction of sp³-hybridized carbons (Fsp3) is 0.643. The van der Waals surface area contributed by atoms with Gasteiger partial charge in [-0.2, -0.15) is 0 Å². The number of aliphatic hydroxyl groups is 3. The molecule has 0 radical (unpaired) electrons. The van der Waals surface area contributed by atoms with Crippen molar-refractivity contribution in [3.8, 4) is 0 Å². The normalized spacial score (nSPS) is 32.6. The van der Waals surface area contributed by atoms with E-state index >= 15 is 0 Å². The van der Waals surface area contributed by atoms with E-state index in [4.69, 9.17) is 27.9 Å². The smallest absolute Gasteiger partial charge is 0.269 e. The third-order valence-electron chi connectivity index (χ3n) is 4.21. The topological polar surface area (TPSA) is 115 Å². The number of carbonyl (C=O) groups excluding carboxylic acids is 1. The first-order valence-electron chi connectivity index (χ1n) is 7.16. The van der Waals surface area contributed by atoms with Crippen molar-refractivity contribution in [3.05, 3.63) is 21.4 Å². The summed E-state index contributed by atoms with van der Waals surface area (Å²) in [6.07, 6.45) is -3.53. The number of aryl methyl sites for hydroxylation is 1. The van der Waals surface area contributed by atoms with Crippen molar-refractivity contribution in [3.63, 3.8) is 0 Å². The van der Waals surface area contributed by atoms with Gasteiger partial charge in [0.15, 0.2) is 6.29 Å². The Morgan fingerprint density at radius 3 is 2.57 bits per heavy atom. The molecule has 1 aliphatic heterocycles. The van der Waals surface area contributed by atoms with Crippen LogP contribution in [0.1, 0.15) is 36.5 Å². The zero-order valence-corrected chi connectivity index (χ0v) is 14.4. The molecule has 130 valence electrons. The fourth-order valence-electron chi connectivity index (χ4n) is 2.73. The quantitative estimate of drug-likeness (QED) is 0.546. The van der Waals surface area contributed by atoms with Crippen molar-refractivity contribution >= 4 is 29.1 Å². The molecule has 0 aliphatic carbocycles. The van der Waals surface area contributed by atoms with Gasteiger partial charge >= 0.3 is 0 Å². The van der Waals surface area contributed by atoms with Crippen LogP contribution in [0.25, 0.3) is 0 Å². The number of hydrogen-bond acceptors (Lipinski definition) is 5. The Bertz CT molecular complexity index is 608. The number of aromatic nitrogens is 1. The summed E-state index contributed by atoms with van der Waals surface area (Å²) in [5, 5.41) is 33.4. The summed E-state index contributed by atoms with van der Waals surface area (Å²) >= 11 is 11.9. The molecule has 1 saturated heterocycles. The van der Waals surface area contributed by atoms with Gasteiger partial charge in [-0.1, -0.05) is 23.2 Å². The molecule has 5 N–H and O–H groups in total. The standard InChI is InChI=1S/C14H20Cl2N2O5/c1-5-9(15)10(16)11(17-5)13(21)18-7(3)14(22)4-8(19)23-6(2)12(14)20/h6-8,12,17,19-20,22H,4H2,1-3H3,(H,18,21)/t6-,7?,8?,12-,14-/m1/s1. The lowest BCUT2D eigenvalue weighted by Crippen LogP contribution is -2.65. The van der Waals surface area contributed by atoms with Crippen LogP contribution in [0.5, 0.6) is 0 Å². The maximum absolute atomic E-state index is 12.3. The molecule has 0 bridgehead atoms. The van der Waals surface area contributed by atoms with Gasteiger partial charge in [0.05, 0.1) is 22.2 Å². The van der Waals surface area contributed by atoms with Crippen molar-refractivity contribution in [1.29, 1.82) is 0 Å². The summed E-state index contributed by atoms with van der Waals surface area (Å²) in [6, 6.07) is -0.871. The third kappa shape index (κ3) is 3.35. The summed E-state index contributed by atoms with van der Waals surface area (Å²) < 4.78 is 5.06. The van der Waals surface area contributed by atoms with Crippen LogP contribution in [0.15, 0.2) is 0 Å². The Balaban J connectivity index is 2.18. The SMILES string of the molecule is Cc1[nH]c(C(=O)NC(C)[C@]2(O)CC(O)O[C@H](C)[C@H]2O)c(Cl)c1Cl. The number of aromatic amines is 1. The van der Waals surface area contributed by atoms with E-state index in [1.807, 2.05) is 0 Å². The summed E-state index contributed by atoms with van der Waals surface area (Å²) in [5.74, 6) is -0.577. The molecule has 0 spiro atoms. The van der Waals surface area contributed by atoms with Gasteiger partial charge in [-0.05, 0) is 20.8 Å². The molecule has 2 unspecified atom stereocenters. The molecule has 2 rings (SSSR count). The van der Waals surface area contributed by atoms with Crippen LogP contribution in [0.4, 0.5) is 0 Å². The van der Waals surface area contributed by atoms with Gasteiger partial charge in [-0.15, -0.1) is 0 Å². The van der Waals surface area contributed by atoms with Crippen LogP contribution in [0.3, 0.4) is 0 Å². The number of hydrogen-bond donors (Lipinski definition) is 5. The van der Waals surface area contributed by atoms with E-state index in [1.54, 1.807) is 6.92 Å². The summed E-state index contributed by atoms with van der Waals surface area (Å²) in [6.45, 7) is 4.72. The van der Waals surface area contributed by atoms with Crippen LogP contribution in [0, 0.1) is 6.92 Å². The lowest BCUT2D eigenvalue weighted by Gasteiger charge is -2.45. The van der Waals surface area contributed by atoms with Gasteiger partial charge in [0.1, 0.15) is 17.4 Å². The maximum atomic E-state index is 12.3. The number of ether oxygens (including phenoxy) is 1. The molecule has 1 amide bonds. The molecule has 9 heteroatoms. The molecule has 2 heterocycles. The molecule has 1 aromatic heterocycles. The molecule has 0 aromatic carbocycles. The van der Waals surface area contributed by atoms with E-state index in [0.717, 1.165) is 0 Å². The first kappa shape index (κ1) is 18.5. The number of halogens is 2. The highest BCUT2D eigenvalue weighted by Crippen LogP contribution is 2.32. The van der Waals surface area contributed by atoms with E-state index in [9.17, 15) is 20.1 Å². The second-order valence-electron chi connectivity index (χ2n) is 5.88. The van der Waals surface area contributed by atoms with Crippen LogP contribution >= 0.6 is 23.2 Å². The number of H-pyrrole nitrogens is 1. The average molecular weight is 367 g/mol. The molecule has 0 saturated carbocycles. The van der Waals surface area contributed by atoms with Crippen LogP contribution < -0.4 is 5.32 Å². The molecule has 5 atom stereocenters. The highest BCUT2D eigenvalue weighted by atomic mass is 35.5. The van der Waals surface area contributed by atoms with E-state index in [2.05, 4.69) is 10.3 Å². The summed E-state index contributed by atoms with van der Waals surface area (Å²) in [7, 11) is 0. The monoisotopic (exact) mass is 366 g/mol. The first-order chi connectivity index (χ1) is 10.6. The fourth-order valence-corrected chi connectivity index (χ4v) is 3.15. The minimum Gasteiger partial charge on any atom is -0.387 e. The second-order valence-corrected chi connectivity index (χ2v) is 6.64. The Labute approximate surface area is 143 Å². The van der Waals surface area contributed by atoms with Gasteiger partial charge in [-0.3, -0.25) is 4.79 Å². The van der Waals surface area contributed by atoms with E-state index in [0.29, 0.717) is 5.69 Å². The van der Waals surface area contributed by atoms with Gasteiger partial charge in [0.2, 0.25) is 0 Å². The molecule has 1 aromatic rings. The summed E-state index contributed by atoms with van der Waals surface area (Å²) in [5.41, 5.74) is -1.13. The molecular weight excluding hydrogens is 347 g/mol. The predicted molar refractivity (Wildman–Crippen MR) is 84.6 cm³/mol. The zero-order valence-electron chi connectivity index (χ0n) is 12.9. The molecule has 1 fully saturated rings. The van der Waals surface area contributed by atoms with Crippen LogP contribution in [0.2, 0.25) is 10.0 Å². The zero-order chi connectivity index (χ0) is 17.5. The number of nitrogens with one attached hydrogen (secondary N) is 2. The maximum Gasteiger partial charge on any atom is 0.269 e. The van der Waals surface area contributed by atoms with E-state index in [-0.39, 0.29) is 22.2 Å². The Morgan fingerprint density at radius 1 is 1.43 bits per heavy atom. The molecular formula is C14H20Cl2N2O5. The van der Waals surface area contributed by atoms with Crippen LogP contribution in [-0.2, 0) is 4.74 Å². The second kappa shape index (κ2) is 6.58. The Kier molecular flexibility index (Phi) is 5.30. The molecule has 23 heavy (non-hydrogen) atoms. The van der Waals surface area contributed by atoms with E-state index < -0.39 is 36.0 Å². The van der Waals surface area contributed by atoms with Gasteiger partial charge in [-0.25, -0.2) is 0 Å². The number of rotatable bonds is 3. The summed E-state index contributed by atoms with van der Waals surface area (Å²) in [4.78, 5) is 15.1. The number of amides is 1. The number of aliphatic hydroxyl groups excluding tert-OH is 2. The van der Waals surface area contributed by atoms with Crippen molar-refractivity contribution in [2.45, 2.75) is 57.3 Å². The highest BCUT2D eigenvalue weighted by molar-refractivity contribution is 6.44. The average Bonchev–Trinajstić information content (AvgIpc) is 2.72. The predicted octanol–water partition coefficient (Wildman–Crippen LogP) is 0.967. The van der Waals surface area contributed by atoms with Crippen molar-refractivity contribution in [2.75, 3.05) is 0 Å². The largest absolute Gasteiger partial charge is 0.387 e. The minimum atomic E-state index is -1.75. The number of carbonyl (C=O) groups is 1. The Morgan fingerprint density at radius 2 is 2.04 bits per heavy atom. The van der Waals surface area contributed by atoms with Crippen molar-refractivity contribution < 1.29 is 24.9 Å². The highest BCUT2D eigenvalue weighted by Gasteiger charge is 2.50. The Hall–Kier alpha value is -0.830. The minimum absolute atomic E-state index is 0.0692. The van der Waals surface area contributed by atoms with Gasteiger partial charge in [0, 0.05) is 12.1 Å². The first-order valence-corrected chi connectivity index (χ1v) is 7.92. The van der Waals surface area contributed by atoms with Gasteiger partial charge in [0.25, 0.3) is 5.91 Å². The van der Waals surface area contributed by atoms with E-state index in [1.165, 1.54) is 13.8 Å². The lowest BCUT2D eigenvalue weighted by atomic mass is 9.81. The lowest BCUT2D eigenvalue weighted by molar-refractivity contribution is -0.267. The molecule has 1 aliphatic rings. The van der Waals surface area contributed by atoms with Gasteiger partial charge < -0.3 is 30.4 Å². The third-order valence-corrected chi connectivity index (χ3v) is 5.16. The van der Waals surface area contributed by atoms with Crippen LogP contribution in [-0.4, -0.2) is 56.4 Å². The molecule has 7 nitrogen and oxygen atoms in total.